The molecule has 1 aliphatic rings. The molecule has 0 aliphatic carbocycles. The number of benzene rings is 3. The summed E-state index contributed by atoms with van der Waals surface area (Å²) in [4.78, 5) is 17.3. The maximum atomic E-state index is 13.2. The van der Waals surface area contributed by atoms with Gasteiger partial charge in [0, 0.05) is 36.3 Å². The molecule has 1 N–H and O–H groups in total. The van der Waals surface area contributed by atoms with Gasteiger partial charge >= 0.3 is 0 Å². The first-order valence-corrected chi connectivity index (χ1v) is 12.2. The van der Waals surface area contributed by atoms with Crippen LogP contribution in [0.4, 0.5) is 11.4 Å². The molecule has 0 saturated carbocycles. The molecule has 0 aromatic heterocycles. The minimum Gasteiger partial charge on any atom is -0.368 e. The lowest BCUT2D eigenvalue weighted by molar-refractivity contribution is 0.0748. The third kappa shape index (κ3) is 4.91. The van der Waals surface area contributed by atoms with Gasteiger partial charge in [-0.25, -0.2) is 8.42 Å². The molecule has 6 nitrogen and oxygen atoms in total. The van der Waals surface area contributed by atoms with E-state index in [9.17, 15) is 13.2 Å². The van der Waals surface area contributed by atoms with Crippen LogP contribution in [0.3, 0.4) is 0 Å². The molecule has 3 aromatic carbocycles. The van der Waals surface area contributed by atoms with E-state index in [-0.39, 0.29) is 16.5 Å². The Morgan fingerprint density at radius 1 is 0.806 bits per heavy atom. The SMILES string of the molecule is O=C(c1ccccc1NS(=O)(=O)c1ccc(Br)cc1)N1CCN(c2ccccc2)CC1. The Hall–Kier alpha value is -2.84. The van der Waals surface area contributed by atoms with Crippen molar-refractivity contribution in [2.75, 3.05) is 35.8 Å². The number of nitrogens with zero attached hydrogens (tertiary/aromatic N) is 2. The Morgan fingerprint density at radius 2 is 1.42 bits per heavy atom. The summed E-state index contributed by atoms with van der Waals surface area (Å²) in [5, 5.41) is 0. The molecule has 0 bridgehead atoms. The first kappa shape index (κ1) is 21.4. The maximum absolute atomic E-state index is 13.2. The number of anilines is 2. The fourth-order valence-corrected chi connectivity index (χ4v) is 4.90. The van der Waals surface area contributed by atoms with Gasteiger partial charge in [-0.1, -0.05) is 46.3 Å². The smallest absolute Gasteiger partial charge is 0.261 e. The van der Waals surface area contributed by atoms with Crippen LogP contribution in [-0.4, -0.2) is 45.4 Å². The monoisotopic (exact) mass is 499 g/mol. The minimum absolute atomic E-state index is 0.134. The maximum Gasteiger partial charge on any atom is 0.261 e. The summed E-state index contributed by atoms with van der Waals surface area (Å²) in [5.41, 5.74) is 1.76. The van der Waals surface area contributed by atoms with Crippen LogP contribution in [0.1, 0.15) is 10.4 Å². The van der Waals surface area contributed by atoms with Gasteiger partial charge in [0.25, 0.3) is 15.9 Å². The number of rotatable bonds is 5. The van der Waals surface area contributed by atoms with Crippen LogP contribution in [0, 0.1) is 0 Å². The molecular formula is C23H22BrN3O3S. The molecule has 0 unspecified atom stereocenters. The second-order valence-electron chi connectivity index (χ2n) is 7.22. The summed E-state index contributed by atoms with van der Waals surface area (Å²) in [6.07, 6.45) is 0. The fourth-order valence-electron chi connectivity index (χ4n) is 3.55. The second kappa shape index (κ2) is 9.11. The number of carbonyl (C=O) groups is 1. The third-order valence-corrected chi connectivity index (χ3v) is 7.12. The van der Waals surface area contributed by atoms with E-state index in [0.717, 1.165) is 23.2 Å². The summed E-state index contributed by atoms with van der Waals surface area (Å²) in [6, 6.07) is 23.2. The van der Waals surface area contributed by atoms with E-state index in [4.69, 9.17) is 0 Å². The van der Waals surface area contributed by atoms with Gasteiger partial charge < -0.3 is 9.80 Å². The molecular weight excluding hydrogens is 478 g/mol. The number of halogens is 1. The highest BCUT2D eigenvalue weighted by molar-refractivity contribution is 9.10. The van der Waals surface area contributed by atoms with Crippen molar-refractivity contribution in [3.63, 3.8) is 0 Å². The average molecular weight is 500 g/mol. The van der Waals surface area contributed by atoms with Gasteiger partial charge in [0.2, 0.25) is 0 Å². The molecule has 1 aliphatic heterocycles. The molecule has 1 saturated heterocycles. The molecule has 0 radical (unpaired) electrons. The van der Waals surface area contributed by atoms with E-state index in [1.54, 1.807) is 41.3 Å². The third-order valence-electron chi connectivity index (χ3n) is 5.21. The number of hydrogen-bond acceptors (Lipinski definition) is 4. The zero-order chi connectivity index (χ0) is 21.8. The zero-order valence-corrected chi connectivity index (χ0v) is 19.1. The summed E-state index contributed by atoms with van der Waals surface area (Å²) >= 11 is 3.30. The first-order valence-electron chi connectivity index (χ1n) is 9.91. The lowest BCUT2D eigenvalue weighted by atomic mass is 10.1. The van der Waals surface area contributed by atoms with Crippen LogP contribution in [0.15, 0.2) is 88.2 Å². The Morgan fingerprint density at radius 3 is 2.10 bits per heavy atom. The molecule has 1 fully saturated rings. The van der Waals surface area contributed by atoms with Crippen molar-refractivity contribution < 1.29 is 13.2 Å². The number of sulfonamides is 1. The topological polar surface area (TPSA) is 69.7 Å². The Bertz CT molecular complexity index is 1160. The molecule has 31 heavy (non-hydrogen) atoms. The molecule has 1 heterocycles. The van der Waals surface area contributed by atoms with Crippen LogP contribution in [-0.2, 0) is 10.0 Å². The summed E-state index contributed by atoms with van der Waals surface area (Å²) < 4.78 is 29.0. The number of hydrogen-bond donors (Lipinski definition) is 1. The fraction of sp³-hybridized carbons (Fsp3) is 0.174. The molecule has 8 heteroatoms. The standard InChI is InChI=1S/C23H22BrN3O3S/c24-18-10-12-20(13-11-18)31(29,30)25-22-9-5-4-8-21(22)23(28)27-16-14-26(15-17-27)19-6-2-1-3-7-19/h1-13,25H,14-17H2. The van der Waals surface area contributed by atoms with Crippen LogP contribution in [0.5, 0.6) is 0 Å². The summed E-state index contributed by atoms with van der Waals surface area (Å²) in [5.74, 6) is -0.179. The van der Waals surface area contributed by atoms with E-state index in [2.05, 4.69) is 37.7 Å². The summed E-state index contributed by atoms with van der Waals surface area (Å²) in [6.45, 7) is 2.59. The van der Waals surface area contributed by atoms with Crippen LogP contribution in [0.25, 0.3) is 0 Å². The van der Waals surface area contributed by atoms with Crippen molar-refractivity contribution in [1.29, 1.82) is 0 Å². The Balaban J connectivity index is 1.49. The van der Waals surface area contributed by atoms with E-state index >= 15 is 0 Å². The highest BCUT2D eigenvalue weighted by Crippen LogP contribution is 2.24. The lowest BCUT2D eigenvalue weighted by Crippen LogP contribution is -2.48. The van der Waals surface area contributed by atoms with Crippen molar-refractivity contribution in [2.24, 2.45) is 0 Å². The van der Waals surface area contributed by atoms with E-state index in [1.807, 2.05) is 18.2 Å². The van der Waals surface area contributed by atoms with Crippen LogP contribution < -0.4 is 9.62 Å². The van der Waals surface area contributed by atoms with Gasteiger partial charge in [0.1, 0.15) is 0 Å². The average Bonchev–Trinajstić information content (AvgIpc) is 2.80. The van der Waals surface area contributed by atoms with Crippen molar-refractivity contribution in [2.45, 2.75) is 4.90 Å². The molecule has 1 amide bonds. The van der Waals surface area contributed by atoms with Crippen LogP contribution >= 0.6 is 15.9 Å². The van der Waals surface area contributed by atoms with Gasteiger partial charge in [0.05, 0.1) is 16.1 Å². The number of nitrogens with one attached hydrogen (secondary N) is 1. The van der Waals surface area contributed by atoms with Crippen molar-refractivity contribution in [3.8, 4) is 0 Å². The highest BCUT2D eigenvalue weighted by atomic mass is 79.9. The van der Waals surface area contributed by atoms with Gasteiger partial charge in [-0.15, -0.1) is 0 Å². The molecule has 3 aromatic rings. The summed E-state index contributed by atoms with van der Waals surface area (Å²) in [7, 11) is -3.81. The molecule has 0 atom stereocenters. The lowest BCUT2D eigenvalue weighted by Gasteiger charge is -2.36. The normalized spacial score (nSPS) is 14.4. The van der Waals surface area contributed by atoms with E-state index in [0.29, 0.717) is 18.7 Å². The number of amides is 1. The number of para-hydroxylation sites is 2. The van der Waals surface area contributed by atoms with Crippen molar-refractivity contribution >= 4 is 43.2 Å². The predicted octanol–water partition coefficient (Wildman–Crippen LogP) is 4.21. The van der Waals surface area contributed by atoms with Crippen LogP contribution in [0.2, 0.25) is 0 Å². The zero-order valence-electron chi connectivity index (χ0n) is 16.7. The quantitative estimate of drug-likeness (QED) is 0.570. The van der Waals surface area contributed by atoms with Gasteiger partial charge in [0.15, 0.2) is 0 Å². The van der Waals surface area contributed by atoms with Gasteiger partial charge in [-0.05, 0) is 48.5 Å². The molecule has 160 valence electrons. The largest absolute Gasteiger partial charge is 0.368 e. The first-order chi connectivity index (χ1) is 14.9. The van der Waals surface area contributed by atoms with Gasteiger partial charge in [-0.2, -0.15) is 0 Å². The van der Waals surface area contributed by atoms with E-state index < -0.39 is 10.0 Å². The highest BCUT2D eigenvalue weighted by Gasteiger charge is 2.25. The molecule has 0 spiro atoms. The van der Waals surface area contributed by atoms with Crippen molar-refractivity contribution in [1.82, 2.24) is 4.90 Å². The predicted molar refractivity (Wildman–Crippen MR) is 126 cm³/mol. The Labute approximate surface area is 190 Å². The second-order valence-corrected chi connectivity index (χ2v) is 9.82. The Kier molecular flexibility index (Phi) is 6.29. The van der Waals surface area contributed by atoms with Crippen molar-refractivity contribution in [3.05, 3.63) is 88.9 Å². The van der Waals surface area contributed by atoms with Gasteiger partial charge in [-0.3, -0.25) is 9.52 Å². The van der Waals surface area contributed by atoms with E-state index in [1.165, 1.54) is 12.1 Å². The number of carbonyl (C=O) groups excluding carboxylic acids is 1. The minimum atomic E-state index is -3.81. The number of piperazine rings is 1. The molecule has 4 rings (SSSR count).